The first-order valence-electron chi connectivity index (χ1n) is 8.46. The average molecular weight is 391 g/mol. The van der Waals surface area contributed by atoms with Gasteiger partial charge in [-0.3, -0.25) is 9.59 Å². The SMILES string of the molecule is CCc1ccc(NC(=O)CSC(C)C(=O)Nc2ccc(C)c(Cl)c2)cc1. The van der Waals surface area contributed by atoms with E-state index in [1.54, 1.807) is 13.0 Å². The molecule has 26 heavy (non-hydrogen) atoms. The van der Waals surface area contributed by atoms with E-state index in [2.05, 4.69) is 17.6 Å². The highest BCUT2D eigenvalue weighted by molar-refractivity contribution is 8.01. The van der Waals surface area contributed by atoms with Gasteiger partial charge in [0, 0.05) is 16.4 Å². The Hall–Kier alpha value is -1.98. The molecule has 0 spiro atoms. The number of aryl methyl sites for hydroxylation is 2. The molecule has 4 nitrogen and oxygen atoms in total. The van der Waals surface area contributed by atoms with E-state index in [0.717, 1.165) is 17.7 Å². The van der Waals surface area contributed by atoms with Gasteiger partial charge in [-0.1, -0.05) is 36.7 Å². The van der Waals surface area contributed by atoms with Gasteiger partial charge in [-0.05, 0) is 55.7 Å². The average Bonchev–Trinajstić information content (AvgIpc) is 2.63. The number of anilines is 2. The summed E-state index contributed by atoms with van der Waals surface area (Å²) in [6, 6.07) is 13.1. The Morgan fingerprint density at radius 1 is 1.08 bits per heavy atom. The van der Waals surface area contributed by atoms with Gasteiger partial charge >= 0.3 is 0 Å². The van der Waals surface area contributed by atoms with Crippen molar-refractivity contribution in [2.24, 2.45) is 0 Å². The van der Waals surface area contributed by atoms with Crippen molar-refractivity contribution in [2.75, 3.05) is 16.4 Å². The van der Waals surface area contributed by atoms with Gasteiger partial charge < -0.3 is 10.6 Å². The van der Waals surface area contributed by atoms with Crippen molar-refractivity contribution in [3.8, 4) is 0 Å². The van der Waals surface area contributed by atoms with Crippen LogP contribution in [0.3, 0.4) is 0 Å². The molecule has 2 rings (SSSR count). The van der Waals surface area contributed by atoms with Crippen molar-refractivity contribution < 1.29 is 9.59 Å². The second-order valence-electron chi connectivity index (χ2n) is 6.01. The zero-order chi connectivity index (χ0) is 19.1. The van der Waals surface area contributed by atoms with Crippen molar-refractivity contribution in [1.29, 1.82) is 0 Å². The van der Waals surface area contributed by atoms with E-state index in [-0.39, 0.29) is 22.8 Å². The van der Waals surface area contributed by atoms with Crippen LogP contribution in [0.4, 0.5) is 11.4 Å². The Kier molecular flexibility index (Phi) is 7.54. The number of nitrogens with one attached hydrogen (secondary N) is 2. The Morgan fingerprint density at radius 2 is 1.73 bits per heavy atom. The van der Waals surface area contributed by atoms with E-state index in [9.17, 15) is 9.59 Å². The van der Waals surface area contributed by atoms with Crippen LogP contribution in [0, 0.1) is 6.92 Å². The second kappa shape index (κ2) is 9.64. The lowest BCUT2D eigenvalue weighted by atomic mass is 10.1. The van der Waals surface area contributed by atoms with Gasteiger partial charge in [-0.15, -0.1) is 11.8 Å². The molecule has 6 heteroatoms. The maximum atomic E-state index is 12.2. The van der Waals surface area contributed by atoms with Crippen LogP contribution < -0.4 is 10.6 Å². The van der Waals surface area contributed by atoms with Crippen LogP contribution in [0.2, 0.25) is 5.02 Å². The van der Waals surface area contributed by atoms with Crippen LogP contribution in [0.15, 0.2) is 42.5 Å². The van der Waals surface area contributed by atoms with Gasteiger partial charge in [0.25, 0.3) is 0 Å². The van der Waals surface area contributed by atoms with Gasteiger partial charge in [0.1, 0.15) is 0 Å². The number of hydrogen-bond acceptors (Lipinski definition) is 3. The predicted molar refractivity (Wildman–Crippen MR) is 111 cm³/mol. The highest BCUT2D eigenvalue weighted by atomic mass is 35.5. The van der Waals surface area contributed by atoms with Crippen molar-refractivity contribution in [3.05, 3.63) is 58.6 Å². The first kappa shape index (κ1) is 20.3. The Balaban J connectivity index is 1.80. The van der Waals surface area contributed by atoms with Crippen LogP contribution in [0.25, 0.3) is 0 Å². The fourth-order valence-electron chi connectivity index (χ4n) is 2.21. The van der Waals surface area contributed by atoms with Crippen molar-refractivity contribution in [3.63, 3.8) is 0 Å². The van der Waals surface area contributed by atoms with E-state index in [1.165, 1.54) is 17.3 Å². The van der Waals surface area contributed by atoms with Crippen LogP contribution in [0.1, 0.15) is 25.0 Å². The molecule has 0 aliphatic heterocycles. The van der Waals surface area contributed by atoms with Crippen LogP contribution in [-0.4, -0.2) is 22.8 Å². The maximum Gasteiger partial charge on any atom is 0.237 e. The van der Waals surface area contributed by atoms with E-state index in [1.807, 2.05) is 43.3 Å². The van der Waals surface area contributed by atoms with Crippen molar-refractivity contribution >= 4 is 46.6 Å². The lowest BCUT2D eigenvalue weighted by molar-refractivity contribution is -0.115. The molecule has 1 atom stereocenters. The molecule has 2 aromatic rings. The summed E-state index contributed by atoms with van der Waals surface area (Å²) in [5.74, 6) is -0.0778. The minimum absolute atomic E-state index is 0.128. The smallest absolute Gasteiger partial charge is 0.237 e. The fourth-order valence-corrected chi connectivity index (χ4v) is 3.08. The first-order chi connectivity index (χ1) is 12.4. The normalized spacial score (nSPS) is 11.7. The summed E-state index contributed by atoms with van der Waals surface area (Å²) in [6.07, 6.45) is 0.961. The first-order valence-corrected chi connectivity index (χ1v) is 9.89. The molecule has 0 fully saturated rings. The molecule has 0 saturated heterocycles. The van der Waals surface area contributed by atoms with E-state index >= 15 is 0 Å². The number of carbonyl (C=O) groups is 2. The van der Waals surface area contributed by atoms with Crippen LogP contribution >= 0.6 is 23.4 Å². The zero-order valence-electron chi connectivity index (χ0n) is 15.1. The molecule has 1 unspecified atom stereocenters. The molecule has 2 amide bonds. The van der Waals surface area contributed by atoms with E-state index < -0.39 is 0 Å². The largest absolute Gasteiger partial charge is 0.325 e. The lowest BCUT2D eigenvalue weighted by Crippen LogP contribution is -2.25. The molecule has 0 aliphatic rings. The molecule has 0 aromatic heterocycles. The van der Waals surface area contributed by atoms with Crippen LogP contribution in [0.5, 0.6) is 0 Å². The topological polar surface area (TPSA) is 58.2 Å². The molecule has 138 valence electrons. The number of benzene rings is 2. The van der Waals surface area contributed by atoms with Gasteiger partial charge in [0.2, 0.25) is 11.8 Å². The summed E-state index contributed by atoms with van der Waals surface area (Å²) in [5, 5.41) is 5.91. The number of thioether (sulfide) groups is 1. The molecule has 0 aliphatic carbocycles. The molecule has 0 radical (unpaired) electrons. The van der Waals surface area contributed by atoms with E-state index in [0.29, 0.717) is 10.7 Å². The van der Waals surface area contributed by atoms with Gasteiger partial charge in [-0.25, -0.2) is 0 Å². The summed E-state index contributed by atoms with van der Waals surface area (Å²) in [7, 11) is 0. The monoisotopic (exact) mass is 390 g/mol. The number of halogens is 1. The molecule has 2 aromatic carbocycles. The summed E-state index contributed by atoms with van der Waals surface area (Å²) in [5.41, 5.74) is 3.59. The predicted octanol–water partition coefficient (Wildman–Crippen LogP) is 4.91. The van der Waals surface area contributed by atoms with E-state index in [4.69, 9.17) is 11.6 Å². The molecule has 0 saturated carbocycles. The third-order valence-electron chi connectivity index (χ3n) is 3.92. The Morgan fingerprint density at radius 3 is 2.35 bits per heavy atom. The van der Waals surface area contributed by atoms with Gasteiger partial charge in [0.15, 0.2) is 0 Å². The third kappa shape index (κ3) is 6.07. The third-order valence-corrected chi connectivity index (χ3v) is 5.47. The minimum atomic E-state index is -0.358. The van der Waals surface area contributed by atoms with Crippen molar-refractivity contribution in [1.82, 2.24) is 0 Å². The maximum absolute atomic E-state index is 12.2. The highest BCUT2D eigenvalue weighted by Crippen LogP contribution is 2.21. The Labute approximate surface area is 163 Å². The number of carbonyl (C=O) groups excluding carboxylic acids is 2. The molecule has 0 heterocycles. The standard InChI is InChI=1S/C20H23ClN2O2S/c1-4-15-6-9-16(10-7-15)22-19(24)12-26-14(3)20(25)23-17-8-5-13(2)18(21)11-17/h5-11,14H,4,12H2,1-3H3,(H,22,24)(H,23,25). The highest BCUT2D eigenvalue weighted by Gasteiger charge is 2.16. The number of hydrogen-bond donors (Lipinski definition) is 2. The molecule has 0 bridgehead atoms. The van der Waals surface area contributed by atoms with Gasteiger partial charge in [0.05, 0.1) is 11.0 Å². The summed E-state index contributed by atoms with van der Waals surface area (Å²) >= 11 is 7.36. The zero-order valence-corrected chi connectivity index (χ0v) is 16.7. The van der Waals surface area contributed by atoms with Crippen LogP contribution in [-0.2, 0) is 16.0 Å². The number of rotatable bonds is 7. The lowest BCUT2D eigenvalue weighted by Gasteiger charge is -2.13. The van der Waals surface area contributed by atoms with Gasteiger partial charge in [-0.2, -0.15) is 0 Å². The molecule has 2 N–H and O–H groups in total. The quantitative estimate of drug-likeness (QED) is 0.706. The molecular weight excluding hydrogens is 368 g/mol. The summed E-state index contributed by atoms with van der Waals surface area (Å²) < 4.78 is 0. The number of amides is 2. The second-order valence-corrected chi connectivity index (χ2v) is 7.74. The molecular formula is C20H23ClN2O2S. The van der Waals surface area contributed by atoms with Crippen molar-refractivity contribution in [2.45, 2.75) is 32.4 Å². The summed E-state index contributed by atoms with van der Waals surface area (Å²) in [4.78, 5) is 24.3. The fraction of sp³-hybridized carbons (Fsp3) is 0.300. The minimum Gasteiger partial charge on any atom is -0.325 e. The summed E-state index contributed by atoms with van der Waals surface area (Å²) in [6.45, 7) is 5.77. The Bertz CT molecular complexity index is 778.